The molecule has 0 saturated heterocycles. The highest BCUT2D eigenvalue weighted by Crippen LogP contribution is 2.43. The first-order chi connectivity index (χ1) is 20.2. The van der Waals surface area contributed by atoms with Gasteiger partial charge in [-0.3, -0.25) is 0 Å². The number of nitrogens with one attached hydrogen (secondary N) is 1. The van der Waals surface area contributed by atoms with Gasteiger partial charge < -0.3 is 4.98 Å². The number of aliphatic imine (C=N–C) groups is 1. The van der Waals surface area contributed by atoms with Gasteiger partial charge in [-0.1, -0.05) is 127 Å². The van der Waals surface area contributed by atoms with E-state index in [9.17, 15) is 0 Å². The summed E-state index contributed by atoms with van der Waals surface area (Å²) in [7, 11) is 0. The lowest BCUT2D eigenvalue weighted by atomic mass is 9.92. The lowest BCUT2D eigenvalue weighted by molar-refractivity contribution is 1.30. The standard InChI is InChI=1S/C39H30N2/c1-26-22-23-31(24-27(26)2)37-32-20-12-13-21-33(32)38(41-37)36(30-18-10-5-11-19-30)39-34(28-14-6-3-7-15-28)25-35(40-39)29-16-8-4-9-17-29/h3-25,41H,1-2H3/b39-36-. The largest absolute Gasteiger partial charge is 0.353 e. The van der Waals surface area contributed by atoms with Crippen LogP contribution in [0.4, 0.5) is 0 Å². The second kappa shape index (κ2) is 10.4. The van der Waals surface area contributed by atoms with E-state index in [1.165, 1.54) is 27.5 Å². The van der Waals surface area contributed by atoms with E-state index in [1.807, 2.05) is 6.07 Å². The van der Waals surface area contributed by atoms with Gasteiger partial charge in [-0.15, -0.1) is 0 Å². The van der Waals surface area contributed by atoms with E-state index in [0.29, 0.717) is 0 Å². The fourth-order valence-corrected chi connectivity index (χ4v) is 5.71. The molecule has 196 valence electrons. The van der Waals surface area contributed by atoms with Crippen molar-refractivity contribution >= 4 is 27.6 Å². The molecule has 0 aliphatic carbocycles. The van der Waals surface area contributed by atoms with Crippen LogP contribution in [0.25, 0.3) is 33.2 Å². The molecule has 1 aromatic heterocycles. The summed E-state index contributed by atoms with van der Waals surface area (Å²) >= 11 is 0. The Morgan fingerprint density at radius 3 is 1.85 bits per heavy atom. The Morgan fingerprint density at radius 2 is 1.17 bits per heavy atom. The maximum atomic E-state index is 5.37. The summed E-state index contributed by atoms with van der Waals surface area (Å²) in [6.07, 6.45) is 2.23. The minimum absolute atomic E-state index is 0.970. The fraction of sp³-hybridized carbons (Fsp3) is 0.0513. The number of hydrogen-bond acceptors (Lipinski definition) is 1. The molecule has 41 heavy (non-hydrogen) atoms. The molecule has 6 aromatic rings. The molecule has 1 N–H and O–H groups in total. The van der Waals surface area contributed by atoms with E-state index in [1.54, 1.807) is 0 Å². The predicted molar refractivity (Wildman–Crippen MR) is 173 cm³/mol. The topological polar surface area (TPSA) is 28.1 Å². The zero-order chi connectivity index (χ0) is 27.8. The third kappa shape index (κ3) is 4.54. The van der Waals surface area contributed by atoms with Crippen molar-refractivity contribution < 1.29 is 0 Å². The summed E-state index contributed by atoms with van der Waals surface area (Å²) in [6.45, 7) is 4.34. The zero-order valence-electron chi connectivity index (χ0n) is 23.2. The minimum Gasteiger partial charge on any atom is -0.353 e. The summed E-state index contributed by atoms with van der Waals surface area (Å²) in [6, 6.07) is 47.1. The number of benzene rings is 5. The monoisotopic (exact) mass is 526 g/mol. The second-order valence-electron chi connectivity index (χ2n) is 10.6. The molecule has 2 heterocycles. The lowest BCUT2D eigenvalue weighted by Crippen LogP contribution is -1.96. The highest BCUT2D eigenvalue weighted by molar-refractivity contribution is 6.20. The maximum absolute atomic E-state index is 5.37. The fourth-order valence-electron chi connectivity index (χ4n) is 5.71. The Kier molecular flexibility index (Phi) is 6.29. The van der Waals surface area contributed by atoms with Gasteiger partial charge in [-0.2, -0.15) is 0 Å². The average molecular weight is 527 g/mol. The van der Waals surface area contributed by atoms with E-state index in [0.717, 1.165) is 50.6 Å². The predicted octanol–water partition coefficient (Wildman–Crippen LogP) is 9.80. The highest BCUT2D eigenvalue weighted by Gasteiger charge is 2.25. The maximum Gasteiger partial charge on any atom is 0.0815 e. The van der Waals surface area contributed by atoms with Crippen LogP contribution in [-0.4, -0.2) is 10.7 Å². The van der Waals surface area contributed by atoms with Crippen molar-refractivity contribution in [2.45, 2.75) is 13.8 Å². The number of rotatable bonds is 5. The summed E-state index contributed by atoms with van der Waals surface area (Å²) in [4.78, 5) is 9.27. The molecule has 7 rings (SSSR count). The molecule has 2 heteroatoms. The van der Waals surface area contributed by atoms with Crippen LogP contribution in [0, 0.1) is 13.8 Å². The second-order valence-corrected chi connectivity index (χ2v) is 10.6. The van der Waals surface area contributed by atoms with Crippen LogP contribution in [-0.2, 0) is 0 Å². The van der Waals surface area contributed by atoms with Crippen molar-refractivity contribution in [3.05, 3.63) is 179 Å². The normalized spacial score (nSPS) is 14.2. The Bertz CT molecular complexity index is 1970. The van der Waals surface area contributed by atoms with E-state index in [4.69, 9.17) is 4.99 Å². The zero-order valence-corrected chi connectivity index (χ0v) is 23.2. The van der Waals surface area contributed by atoms with Crippen molar-refractivity contribution in [3.8, 4) is 11.3 Å². The Balaban J connectivity index is 1.55. The number of allylic oxidation sites excluding steroid dienone is 2. The Hall–Kier alpha value is -5.21. The molecular weight excluding hydrogens is 496 g/mol. The molecule has 1 aliphatic rings. The van der Waals surface area contributed by atoms with Gasteiger partial charge in [-0.25, -0.2) is 4.99 Å². The van der Waals surface area contributed by atoms with Gasteiger partial charge in [0.2, 0.25) is 0 Å². The lowest BCUT2D eigenvalue weighted by Gasteiger charge is -2.14. The number of aromatic nitrogens is 1. The van der Waals surface area contributed by atoms with Gasteiger partial charge in [0.25, 0.3) is 0 Å². The molecule has 0 saturated carbocycles. The van der Waals surface area contributed by atoms with Gasteiger partial charge in [0, 0.05) is 27.5 Å². The number of hydrogen-bond donors (Lipinski definition) is 1. The summed E-state index contributed by atoms with van der Waals surface area (Å²) in [5, 5.41) is 2.39. The highest BCUT2D eigenvalue weighted by atomic mass is 14.8. The van der Waals surface area contributed by atoms with Crippen molar-refractivity contribution in [3.63, 3.8) is 0 Å². The van der Waals surface area contributed by atoms with Crippen LogP contribution in [0.1, 0.15) is 33.5 Å². The molecule has 0 spiro atoms. The van der Waals surface area contributed by atoms with Crippen LogP contribution in [0.15, 0.2) is 150 Å². The molecule has 0 fully saturated rings. The van der Waals surface area contributed by atoms with Gasteiger partial charge in [0.05, 0.1) is 22.8 Å². The molecule has 0 radical (unpaired) electrons. The molecule has 0 amide bonds. The van der Waals surface area contributed by atoms with E-state index < -0.39 is 0 Å². The van der Waals surface area contributed by atoms with Crippen molar-refractivity contribution in [1.29, 1.82) is 0 Å². The molecule has 0 bridgehead atoms. The Labute approximate surface area is 241 Å². The molecule has 1 aliphatic heterocycles. The first kappa shape index (κ1) is 24.8. The SMILES string of the molecule is Cc1ccc(-c2[nH]c(/C(=C3\N=C(c4ccccc4)C=C3c3ccccc3)c3ccccc3)c3ccccc23)cc1C. The van der Waals surface area contributed by atoms with Crippen molar-refractivity contribution in [1.82, 2.24) is 4.98 Å². The van der Waals surface area contributed by atoms with Crippen LogP contribution in [0.2, 0.25) is 0 Å². The van der Waals surface area contributed by atoms with Crippen molar-refractivity contribution in [2.75, 3.05) is 0 Å². The third-order valence-corrected chi connectivity index (χ3v) is 7.98. The van der Waals surface area contributed by atoms with Crippen LogP contribution >= 0.6 is 0 Å². The molecule has 2 nitrogen and oxygen atoms in total. The number of fused-ring (bicyclic) bond motifs is 1. The number of aromatic amines is 1. The smallest absolute Gasteiger partial charge is 0.0815 e. The molecule has 5 aromatic carbocycles. The molecule has 0 atom stereocenters. The number of nitrogens with zero attached hydrogens (tertiary/aromatic N) is 1. The Morgan fingerprint density at radius 1 is 0.561 bits per heavy atom. The van der Waals surface area contributed by atoms with Crippen LogP contribution in [0.5, 0.6) is 0 Å². The van der Waals surface area contributed by atoms with E-state index in [2.05, 4.69) is 152 Å². The number of H-pyrrole nitrogens is 1. The minimum atomic E-state index is 0.970. The average Bonchev–Trinajstić information content (AvgIpc) is 3.63. The summed E-state index contributed by atoms with van der Waals surface area (Å²) < 4.78 is 0. The van der Waals surface area contributed by atoms with Gasteiger partial charge in [-0.05, 0) is 53.8 Å². The van der Waals surface area contributed by atoms with Gasteiger partial charge in [0.15, 0.2) is 0 Å². The molecular formula is C39H30N2. The number of aryl methyl sites for hydroxylation is 2. The van der Waals surface area contributed by atoms with Crippen molar-refractivity contribution in [2.24, 2.45) is 4.99 Å². The van der Waals surface area contributed by atoms with Gasteiger partial charge in [0.1, 0.15) is 0 Å². The van der Waals surface area contributed by atoms with E-state index in [-0.39, 0.29) is 0 Å². The first-order valence-electron chi connectivity index (χ1n) is 14.1. The van der Waals surface area contributed by atoms with Gasteiger partial charge >= 0.3 is 0 Å². The quantitative estimate of drug-likeness (QED) is 0.232. The summed E-state index contributed by atoms with van der Waals surface area (Å²) in [5.74, 6) is 0. The van der Waals surface area contributed by atoms with Crippen LogP contribution in [0.3, 0.4) is 0 Å². The summed E-state index contributed by atoms with van der Waals surface area (Å²) in [5.41, 5.74) is 13.5. The van der Waals surface area contributed by atoms with E-state index >= 15 is 0 Å². The molecule has 0 unspecified atom stereocenters. The first-order valence-corrected chi connectivity index (χ1v) is 14.1. The van der Waals surface area contributed by atoms with Crippen LogP contribution < -0.4 is 0 Å². The third-order valence-electron chi connectivity index (χ3n) is 7.98.